The molecule has 1 aromatic heterocycles. The maximum atomic E-state index is 14.1. The molecule has 5 aromatic rings. The minimum Gasteiger partial charge on any atom is -0.488 e. The van der Waals surface area contributed by atoms with Crippen LogP contribution in [-0.2, 0) is 16.1 Å². The molecule has 0 N–H and O–H groups in total. The van der Waals surface area contributed by atoms with Crippen molar-refractivity contribution in [2.75, 3.05) is 7.11 Å². The van der Waals surface area contributed by atoms with E-state index in [1.807, 2.05) is 79.7 Å². The van der Waals surface area contributed by atoms with Crippen molar-refractivity contribution in [3.63, 3.8) is 0 Å². The smallest absolute Gasteiger partial charge is 0.338 e. The summed E-state index contributed by atoms with van der Waals surface area (Å²) in [5.41, 5.74) is 3.05. The molecule has 1 aliphatic rings. The van der Waals surface area contributed by atoms with E-state index in [4.69, 9.17) is 14.5 Å². The molecule has 210 valence electrons. The average molecular weight is 579 g/mol. The highest BCUT2D eigenvalue weighted by molar-refractivity contribution is 7.07. The number of fused-ring (bicyclic) bond motifs is 2. The molecule has 1 aliphatic heterocycles. The van der Waals surface area contributed by atoms with E-state index in [9.17, 15) is 14.0 Å². The number of rotatable bonds is 7. The van der Waals surface area contributed by atoms with Crippen molar-refractivity contribution in [3.8, 4) is 5.75 Å². The summed E-state index contributed by atoms with van der Waals surface area (Å²) in [6, 6.07) is 26.7. The minimum atomic E-state index is -0.672. The Morgan fingerprint density at radius 3 is 2.48 bits per heavy atom. The van der Waals surface area contributed by atoms with E-state index in [1.165, 1.54) is 30.6 Å². The number of nitrogens with zero attached hydrogens (tertiary/aromatic N) is 2. The minimum absolute atomic E-state index is 0.233. The van der Waals surface area contributed by atoms with Crippen molar-refractivity contribution < 1.29 is 18.7 Å². The molecule has 0 spiro atoms. The summed E-state index contributed by atoms with van der Waals surface area (Å²) in [7, 11) is 1.34. The first-order chi connectivity index (χ1) is 20.5. The van der Waals surface area contributed by atoms with Crippen molar-refractivity contribution in [2.45, 2.75) is 26.0 Å². The van der Waals surface area contributed by atoms with Gasteiger partial charge in [0.2, 0.25) is 0 Å². The number of thiazole rings is 1. The van der Waals surface area contributed by atoms with Crippen LogP contribution in [0.25, 0.3) is 16.8 Å². The Labute approximate surface area is 245 Å². The van der Waals surface area contributed by atoms with Gasteiger partial charge in [-0.1, -0.05) is 91.1 Å². The second-order valence-electron chi connectivity index (χ2n) is 9.81. The molecular weight excluding hydrogens is 551 g/mol. The number of esters is 1. The number of carbonyl (C=O) groups excluding carboxylic acids is 1. The van der Waals surface area contributed by atoms with Crippen molar-refractivity contribution in [2.24, 2.45) is 4.99 Å². The highest BCUT2D eigenvalue weighted by Gasteiger charge is 2.33. The summed E-state index contributed by atoms with van der Waals surface area (Å²) in [5, 5.41) is 1.91. The number of allylic oxidation sites excluding steroid dienone is 1. The van der Waals surface area contributed by atoms with Gasteiger partial charge in [0.25, 0.3) is 5.56 Å². The van der Waals surface area contributed by atoms with Crippen LogP contribution in [0.2, 0.25) is 0 Å². The standard InChI is InChI=1S/C34H27FN2O4S/c1-3-27-30(33(39)40-2)31(23-10-5-4-6-11-23)37-32(38)29(42-34(37)36-27)19-26-25-12-8-7-9-22(25)15-18-28(26)41-20-21-13-16-24(35)17-14-21/h4-19,31H,3,20H2,1-2H3/b29-19+/t31-/m1/s1. The van der Waals surface area contributed by atoms with E-state index >= 15 is 0 Å². The fraction of sp³-hybridized carbons (Fsp3) is 0.147. The third-order valence-electron chi connectivity index (χ3n) is 7.28. The number of benzene rings is 4. The molecule has 0 unspecified atom stereocenters. The zero-order chi connectivity index (χ0) is 29.2. The fourth-order valence-electron chi connectivity index (χ4n) is 5.24. The van der Waals surface area contributed by atoms with Crippen LogP contribution < -0.4 is 19.6 Å². The monoisotopic (exact) mass is 578 g/mol. The molecule has 4 aromatic carbocycles. The van der Waals surface area contributed by atoms with Gasteiger partial charge >= 0.3 is 5.97 Å². The van der Waals surface area contributed by atoms with Gasteiger partial charge in [-0.25, -0.2) is 14.2 Å². The summed E-state index contributed by atoms with van der Waals surface area (Å²) in [5.74, 6) is -0.229. The van der Waals surface area contributed by atoms with Gasteiger partial charge < -0.3 is 9.47 Å². The van der Waals surface area contributed by atoms with E-state index in [0.717, 1.165) is 27.5 Å². The first kappa shape index (κ1) is 27.4. The first-order valence-electron chi connectivity index (χ1n) is 13.6. The van der Waals surface area contributed by atoms with E-state index in [1.54, 1.807) is 16.7 Å². The van der Waals surface area contributed by atoms with Gasteiger partial charge in [0.1, 0.15) is 18.2 Å². The van der Waals surface area contributed by atoms with Gasteiger partial charge in [-0.15, -0.1) is 0 Å². The Balaban J connectivity index is 1.54. The Bertz CT molecular complexity index is 2010. The van der Waals surface area contributed by atoms with Crippen LogP contribution in [0.1, 0.15) is 36.1 Å². The third kappa shape index (κ3) is 5.05. The third-order valence-corrected chi connectivity index (χ3v) is 8.26. The maximum Gasteiger partial charge on any atom is 0.338 e. The van der Waals surface area contributed by atoms with Crippen molar-refractivity contribution in [1.29, 1.82) is 0 Å². The molecule has 6 rings (SSSR count). The molecule has 0 radical (unpaired) electrons. The number of ether oxygens (including phenoxy) is 2. The quantitative estimate of drug-likeness (QED) is 0.234. The van der Waals surface area contributed by atoms with Crippen LogP contribution in [-0.4, -0.2) is 17.6 Å². The van der Waals surface area contributed by atoms with Gasteiger partial charge in [0.15, 0.2) is 4.80 Å². The molecule has 0 saturated carbocycles. The van der Waals surface area contributed by atoms with E-state index in [0.29, 0.717) is 32.8 Å². The van der Waals surface area contributed by atoms with Gasteiger partial charge in [-0.3, -0.25) is 9.36 Å². The first-order valence-corrected chi connectivity index (χ1v) is 14.4. The summed E-state index contributed by atoms with van der Waals surface area (Å²) < 4.78 is 26.8. The van der Waals surface area contributed by atoms with Crippen LogP contribution in [0.3, 0.4) is 0 Å². The number of hydrogen-bond donors (Lipinski definition) is 0. The Kier molecular flexibility index (Phi) is 7.54. The summed E-state index contributed by atoms with van der Waals surface area (Å²) in [6.45, 7) is 2.16. The van der Waals surface area contributed by atoms with E-state index < -0.39 is 12.0 Å². The van der Waals surface area contributed by atoms with E-state index in [-0.39, 0.29) is 18.0 Å². The fourth-order valence-corrected chi connectivity index (χ4v) is 6.24. The maximum absolute atomic E-state index is 14.1. The lowest BCUT2D eigenvalue weighted by molar-refractivity contribution is -0.136. The van der Waals surface area contributed by atoms with Crippen LogP contribution in [0.15, 0.2) is 112 Å². The molecule has 1 atom stereocenters. The van der Waals surface area contributed by atoms with Crippen molar-refractivity contribution >= 4 is 34.2 Å². The molecule has 0 fully saturated rings. The molecule has 0 aliphatic carbocycles. The second kappa shape index (κ2) is 11.6. The van der Waals surface area contributed by atoms with Crippen LogP contribution in [0.5, 0.6) is 5.75 Å². The molecule has 8 heteroatoms. The predicted octanol–water partition coefficient (Wildman–Crippen LogP) is 5.67. The number of hydrogen-bond acceptors (Lipinski definition) is 6. The zero-order valence-electron chi connectivity index (χ0n) is 23.0. The molecule has 0 bridgehead atoms. The summed E-state index contributed by atoms with van der Waals surface area (Å²) in [4.78, 5) is 32.5. The molecule has 42 heavy (non-hydrogen) atoms. The Morgan fingerprint density at radius 1 is 1.00 bits per heavy atom. The lowest BCUT2D eigenvalue weighted by atomic mass is 9.95. The van der Waals surface area contributed by atoms with Crippen LogP contribution >= 0.6 is 11.3 Å². The van der Waals surface area contributed by atoms with Gasteiger partial charge in [0, 0.05) is 5.56 Å². The lowest BCUT2D eigenvalue weighted by Crippen LogP contribution is -2.40. The lowest BCUT2D eigenvalue weighted by Gasteiger charge is -2.25. The second-order valence-corrected chi connectivity index (χ2v) is 10.8. The van der Waals surface area contributed by atoms with Crippen LogP contribution in [0, 0.1) is 5.82 Å². The van der Waals surface area contributed by atoms with Crippen molar-refractivity contribution in [3.05, 3.63) is 144 Å². The normalized spacial score (nSPS) is 14.9. The zero-order valence-corrected chi connectivity index (χ0v) is 23.9. The predicted molar refractivity (Wildman–Crippen MR) is 162 cm³/mol. The van der Waals surface area contributed by atoms with E-state index in [2.05, 4.69) is 0 Å². The topological polar surface area (TPSA) is 69.9 Å². The molecule has 6 nitrogen and oxygen atoms in total. The highest BCUT2D eigenvalue weighted by atomic mass is 32.1. The van der Waals surface area contributed by atoms with Crippen molar-refractivity contribution in [1.82, 2.24) is 4.57 Å². The Hall–Kier alpha value is -4.82. The summed E-state index contributed by atoms with van der Waals surface area (Å²) >= 11 is 1.27. The van der Waals surface area contributed by atoms with Gasteiger partial charge in [0.05, 0.1) is 29.0 Å². The Morgan fingerprint density at radius 2 is 1.74 bits per heavy atom. The summed E-state index contributed by atoms with van der Waals surface area (Å²) in [6.07, 6.45) is 2.34. The van der Waals surface area contributed by atoms with Gasteiger partial charge in [-0.2, -0.15) is 0 Å². The number of halogens is 1. The number of methoxy groups -OCH3 is 1. The SMILES string of the molecule is CCC1=C(C(=O)OC)[C@@H](c2ccccc2)n2c(s/c(=C/c3c(OCc4ccc(F)cc4)ccc4ccccc34)c2=O)=N1. The number of aromatic nitrogens is 1. The largest absolute Gasteiger partial charge is 0.488 e. The number of carbonyl (C=O) groups is 1. The molecule has 0 saturated heterocycles. The molecule has 0 amide bonds. The van der Waals surface area contributed by atoms with Gasteiger partial charge in [-0.05, 0) is 52.6 Å². The molecular formula is C34H27FN2O4S. The molecule has 2 heterocycles. The average Bonchev–Trinajstić information content (AvgIpc) is 3.34. The van der Waals surface area contributed by atoms with Crippen LogP contribution in [0.4, 0.5) is 4.39 Å². The highest BCUT2D eigenvalue weighted by Crippen LogP contribution is 2.32.